The first-order valence-corrected chi connectivity index (χ1v) is 37.3. The van der Waals surface area contributed by atoms with Crippen LogP contribution < -0.4 is 32.1 Å². The lowest BCUT2D eigenvalue weighted by Gasteiger charge is -2.36. The first kappa shape index (κ1) is 88.2. The molecule has 0 unspecified atom stereocenters. The van der Waals surface area contributed by atoms with Crippen LogP contribution in [0.5, 0.6) is 0 Å². The molecule has 2 aromatic heterocycles. The van der Waals surface area contributed by atoms with Gasteiger partial charge in [0.15, 0.2) is 0 Å². The maximum absolute atomic E-state index is 14.0. The molecule has 33 heteroatoms. The number of alkyl carbamates (subject to hydrolysis) is 1. The van der Waals surface area contributed by atoms with Crippen LogP contribution in [0.4, 0.5) is 4.79 Å². The van der Waals surface area contributed by atoms with Gasteiger partial charge in [-0.3, -0.25) is 58.3 Å². The highest BCUT2D eigenvalue weighted by Gasteiger charge is 2.42. The number of aliphatic hydroxyl groups is 2. The predicted octanol–water partition coefficient (Wildman–Crippen LogP) is 9.78. The van der Waals surface area contributed by atoms with E-state index in [9.17, 15) is 58.5 Å². The summed E-state index contributed by atoms with van der Waals surface area (Å²) in [5, 5.41) is 46.4. The summed E-state index contributed by atoms with van der Waals surface area (Å²) in [5.41, 5.74) is 6.06. The second-order valence-electron chi connectivity index (χ2n) is 28.4. The van der Waals surface area contributed by atoms with Crippen molar-refractivity contribution >= 4 is 157 Å². The first-order valence-electron chi connectivity index (χ1n) is 35.0. The molecule has 0 aliphatic carbocycles. The summed E-state index contributed by atoms with van der Waals surface area (Å²) in [6, 6.07) is 9.86. The largest absolute Gasteiger partial charge is 0.481 e. The van der Waals surface area contributed by atoms with E-state index in [1.54, 1.807) is 79.1 Å². The van der Waals surface area contributed by atoms with Crippen LogP contribution in [0.1, 0.15) is 162 Å². The number of ether oxygens (including phenoxy) is 5. The van der Waals surface area contributed by atoms with Crippen molar-refractivity contribution in [2.24, 2.45) is 22.7 Å². The number of hydrogen-bond acceptors (Lipinski definition) is 20. The molecule has 0 saturated carbocycles. The number of alkyl halides is 6. The number of amides is 6. The standard InChI is InChI=1S/C34H44Cl3N5O7.C20H33Cl3N4O6.C19H21NO4/c1-20(2)28(29(44)39-21(3)30(45)42-13-5-6-27(41-42)31(46)49-19-34(35,36)37)40-32(47)33(11-14-48-15-12-33)10-9-26-17-25-16-23(22(4)43)7-8-24(25)18-38-26;1-11(2)14(25-18(31)33-19(4,5)6)15(28)24-12(3)16(29)27-9-7-8-13(26-27)17(30)32-10-20(21,22)23;1-13(21)14-2-3-15-12-20-17(11-16(15)10-14)4-5-19(18(22)23)6-8-24-9-7-19/h7-10,16-18,20-22,27-28,41,43H,5-6,11-15,19H2,1-4H3,(H,39,44)(H,40,47);11-14,26H,7-10H2,1-6H3,(H,24,28)(H,25,31);2-5,10-13,21H,6-9H2,1H3,(H,22,23)/b10-9+;;5-4+/t21-,22+,27-,28-;12-,13-,14-;13-/m001/s1. The van der Waals surface area contributed by atoms with Gasteiger partial charge in [0.25, 0.3) is 11.8 Å². The van der Waals surface area contributed by atoms with Gasteiger partial charge in [-0.15, -0.1) is 0 Å². The third kappa shape index (κ3) is 27.1. The molecular formula is C73H98Cl6N10O17. The number of hydrogen-bond donors (Lipinski definition) is 9. The fourth-order valence-corrected chi connectivity index (χ4v) is 12.0. The van der Waals surface area contributed by atoms with Crippen molar-refractivity contribution < 1.29 is 82.2 Å². The summed E-state index contributed by atoms with van der Waals surface area (Å²) in [4.78, 5) is 124. The molecule has 0 spiro atoms. The number of carbonyl (C=O) groups excluding carboxylic acids is 8. The Labute approximate surface area is 647 Å². The predicted molar refractivity (Wildman–Crippen MR) is 404 cm³/mol. The van der Waals surface area contributed by atoms with Crippen molar-refractivity contribution in [3.8, 4) is 0 Å². The smallest absolute Gasteiger partial charge is 0.408 e. The molecule has 0 radical (unpaired) electrons. The minimum Gasteiger partial charge on any atom is -0.481 e. The van der Waals surface area contributed by atoms with Gasteiger partial charge in [-0.2, -0.15) is 0 Å². The van der Waals surface area contributed by atoms with E-state index >= 15 is 0 Å². The van der Waals surface area contributed by atoms with Crippen LogP contribution >= 0.6 is 69.6 Å². The summed E-state index contributed by atoms with van der Waals surface area (Å²) >= 11 is 33.8. The lowest BCUT2D eigenvalue weighted by atomic mass is 9.78. The number of carboxylic acid groups (broad SMARTS) is 1. The van der Waals surface area contributed by atoms with Crippen LogP contribution in [0, 0.1) is 22.7 Å². The van der Waals surface area contributed by atoms with Gasteiger partial charge in [0.05, 0.1) is 34.4 Å². The molecule has 4 saturated heterocycles. The maximum Gasteiger partial charge on any atom is 0.408 e. The molecule has 2 aromatic carbocycles. The average Bonchev–Trinajstić information content (AvgIpc) is 0.800. The Bertz CT molecular complexity index is 3780. The monoisotopic (exact) mass is 1600 g/mol. The molecule has 27 nitrogen and oxygen atoms in total. The Morgan fingerprint density at radius 1 is 0.575 bits per heavy atom. The number of esters is 2. The number of fused-ring (bicyclic) bond motifs is 2. The molecule has 9 N–H and O–H groups in total. The Morgan fingerprint density at radius 3 is 1.33 bits per heavy atom. The fraction of sp³-hybridized carbons (Fsp3) is 0.575. The molecular weight excluding hydrogens is 1500 g/mol. The molecule has 6 heterocycles. The molecule has 4 aliphatic heterocycles. The third-order valence-electron chi connectivity index (χ3n) is 17.8. The number of halogens is 6. The highest BCUT2D eigenvalue weighted by atomic mass is 35.6. The lowest BCUT2D eigenvalue weighted by Crippen LogP contribution is -2.61. The van der Waals surface area contributed by atoms with E-state index in [-0.39, 0.29) is 17.7 Å². The second kappa shape index (κ2) is 39.6. The van der Waals surface area contributed by atoms with Gasteiger partial charge < -0.3 is 60.3 Å². The Morgan fingerprint density at radius 2 is 0.962 bits per heavy atom. The quantitative estimate of drug-likeness (QED) is 0.0201. The van der Waals surface area contributed by atoms with Crippen molar-refractivity contribution in [1.29, 1.82) is 0 Å². The number of aliphatic carboxylic acids is 1. The molecule has 4 aliphatic rings. The SMILES string of the molecule is CC(C)[C@H](NC(=O)C1(/C=C/c2cc3cc([C@@H](C)O)ccc3cn2)CCOCC1)C(=O)N[C@@H](C)C(=O)N1CCC[C@@H](C(=O)OCC(Cl)(Cl)Cl)N1.CC(C)[C@H](NC(=O)OC(C)(C)C)C(=O)N[C@@H](C)C(=O)N1CCC[C@@H](C(=O)OCC(Cl)(Cl)Cl)N1.C[C@@H](O)c1ccc2cnc(/C=C/C3(C(=O)O)CCOCC3)cc2c1. The number of benzene rings is 2. The molecule has 584 valence electrons. The minimum atomic E-state index is -1.76. The van der Waals surface area contributed by atoms with Gasteiger partial charge >= 0.3 is 24.0 Å². The van der Waals surface area contributed by atoms with E-state index in [1.165, 1.54) is 23.9 Å². The van der Waals surface area contributed by atoms with Gasteiger partial charge in [-0.25, -0.2) is 15.6 Å². The zero-order chi connectivity index (χ0) is 78.6. The number of nitrogens with one attached hydrogen (secondary N) is 6. The zero-order valence-electron chi connectivity index (χ0n) is 61.3. The van der Waals surface area contributed by atoms with Crippen molar-refractivity contribution in [3.63, 3.8) is 0 Å². The molecule has 4 aromatic rings. The molecule has 8 rings (SSSR count). The average molecular weight is 1600 g/mol. The van der Waals surface area contributed by atoms with Crippen molar-refractivity contribution in [2.75, 3.05) is 52.7 Å². The van der Waals surface area contributed by atoms with Gasteiger partial charge in [0.2, 0.25) is 25.3 Å². The van der Waals surface area contributed by atoms with E-state index in [0.717, 1.165) is 32.7 Å². The van der Waals surface area contributed by atoms with Crippen molar-refractivity contribution in [3.05, 3.63) is 95.6 Å². The molecule has 6 amide bonds. The summed E-state index contributed by atoms with van der Waals surface area (Å²) in [5.74, 6) is -5.00. The number of aromatic nitrogens is 2. The van der Waals surface area contributed by atoms with Gasteiger partial charge in [-0.05, 0) is 170 Å². The van der Waals surface area contributed by atoms with Crippen LogP contribution in [0.2, 0.25) is 0 Å². The highest BCUT2D eigenvalue weighted by molar-refractivity contribution is 6.68. The Kier molecular flexibility index (Phi) is 32.9. The summed E-state index contributed by atoms with van der Waals surface area (Å²) in [6.45, 7) is 20.2. The Balaban J connectivity index is 0.000000267. The topological polar surface area (TPSA) is 365 Å². The van der Waals surface area contributed by atoms with E-state index < -0.39 is 133 Å². The number of carboxylic acids is 1. The van der Waals surface area contributed by atoms with Crippen LogP contribution in [0.25, 0.3) is 33.7 Å². The number of carbonyl (C=O) groups is 9. The van der Waals surface area contributed by atoms with E-state index in [0.29, 0.717) is 102 Å². The van der Waals surface area contributed by atoms with E-state index in [4.69, 9.17) is 93.3 Å². The van der Waals surface area contributed by atoms with Crippen molar-refractivity contribution in [1.82, 2.24) is 52.1 Å². The zero-order valence-corrected chi connectivity index (χ0v) is 65.8. The molecule has 0 bridgehead atoms. The maximum atomic E-state index is 14.0. The summed E-state index contributed by atoms with van der Waals surface area (Å²) in [7, 11) is 0. The summed E-state index contributed by atoms with van der Waals surface area (Å²) < 4.78 is 22.6. The highest BCUT2D eigenvalue weighted by Crippen LogP contribution is 2.36. The number of aliphatic hydroxyl groups excluding tert-OH is 2. The lowest BCUT2D eigenvalue weighted by molar-refractivity contribution is -0.154. The van der Waals surface area contributed by atoms with Crippen LogP contribution in [-0.4, -0.2) is 191 Å². The minimum absolute atomic E-state index is 0.259. The van der Waals surface area contributed by atoms with Gasteiger partial charge in [-0.1, -0.05) is 134 Å². The van der Waals surface area contributed by atoms with Crippen LogP contribution in [0.15, 0.2) is 73.1 Å². The molecule has 4 fully saturated rings. The van der Waals surface area contributed by atoms with Crippen molar-refractivity contribution in [2.45, 2.75) is 189 Å². The summed E-state index contributed by atoms with van der Waals surface area (Å²) in [6.07, 6.45) is 12.4. The molecule has 106 heavy (non-hydrogen) atoms. The first-order chi connectivity index (χ1) is 49.6. The normalized spacial score (nSPS) is 19.4. The third-order valence-corrected chi connectivity index (χ3v) is 18.5. The van der Waals surface area contributed by atoms with Gasteiger partial charge in [0, 0.05) is 62.7 Å². The van der Waals surface area contributed by atoms with E-state index in [2.05, 4.69) is 42.1 Å². The molecule has 8 atom stereocenters. The number of rotatable bonds is 22. The number of pyridine rings is 2. The van der Waals surface area contributed by atoms with Gasteiger partial charge in [0.1, 0.15) is 55.1 Å². The van der Waals surface area contributed by atoms with E-state index in [1.807, 2.05) is 68.5 Å². The van der Waals surface area contributed by atoms with Crippen LogP contribution in [0.3, 0.4) is 0 Å². The Hall–Kier alpha value is -6.73. The number of hydrazine groups is 2. The van der Waals surface area contributed by atoms with Crippen LogP contribution in [-0.2, 0) is 62.0 Å². The number of nitrogens with zero attached hydrogens (tertiary/aromatic N) is 4. The second-order valence-corrected chi connectivity index (χ2v) is 33.4. The fourth-order valence-electron chi connectivity index (χ4n) is 11.7.